The van der Waals surface area contributed by atoms with E-state index in [1.54, 1.807) is 26.2 Å². The normalized spacial score (nSPS) is 10.9. The summed E-state index contributed by atoms with van der Waals surface area (Å²) in [5.41, 5.74) is 3.39. The predicted octanol–water partition coefficient (Wildman–Crippen LogP) is 2.44. The standard InChI is InChI=1S/C16H18N6O2/c1-8-10(3)22(12(5)19-8)16-17-6-13(7-18-16)20-15(23)14-9(2)21-24-11(14)4/h6-7H,1-5H3,(H,20,23). The van der Waals surface area contributed by atoms with Crippen molar-refractivity contribution in [3.8, 4) is 5.95 Å². The fraction of sp³-hybridized carbons (Fsp3) is 0.312. The number of hydrogen-bond acceptors (Lipinski definition) is 6. The zero-order valence-electron chi connectivity index (χ0n) is 14.2. The summed E-state index contributed by atoms with van der Waals surface area (Å²) in [6.07, 6.45) is 3.12. The lowest BCUT2D eigenvalue weighted by Crippen LogP contribution is -2.14. The smallest absolute Gasteiger partial charge is 0.261 e. The van der Waals surface area contributed by atoms with Gasteiger partial charge in [0.1, 0.15) is 17.1 Å². The number of hydrogen-bond donors (Lipinski definition) is 1. The molecule has 0 unspecified atom stereocenters. The number of aromatic nitrogens is 5. The maximum absolute atomic E-state index is 12.3. The summed E-state index contributed by atoms with van der Waals surface area (Å²) >= 11 is 0. The first-order valence-electron chi connectivity index (χ1n) is 7.47. The Kier molecular flexibility index (Phi) is 3.88. The molecule has 1 amide bonds. The second kappa shape index (κ2) is 5.88. The van der Waals surface area contributed by atoms with E-state index in [4.69, 9.17) is 4.52 Å². The van der Waals surface area contributed by atoms with Crippen LogP contribution in [0.4, 0.5) is 5.69 Å². The first-order chi connectivity index (χ1) is 11.4. The van der Waals surface area contributed by atoms with Gasteiger partial charge < -0.3 is 9.84 Å². The van der Waals surface area contributed by atoms with Crippen molar-refractivity contribution in [2.45, 2.75) is 34.6 Å². The molecule has 0 saturated heterocycles. The predicted molar refractivity (Wildman–Crippen MR) is 87.3 cm³/mol. The first kappa shape index (κ1) is 15.9. The van der Waals surface area contributed by atoms with Crippen molar-refractivity contribution >= 4 is 11.6 Å². The van der Waals surface area contributed by atoms with Gasteiger partial charge in [0, 0.05) is 5.69 Å². The molecule has 3 aromatic rings. The van der Waals surface area contributed by atoms with E-state index in [1.807, 2.05) is 25.3 Å². The molecule has 0 aliphatic rings. The van der Waals surface area contributed by atoms with Gasteiger partial charge in [-0.25, -0.2) is 15.0 Å². The number of carbonyl (C=O) groups excluding carboxylic acids is 1. The van der Waals surface area contributed by atoms with Crippen molar-refractivity contribution in [2.24, 2.45) is 0 Å². The van der Waals surface area contributed by atoms with E-state index in [0.29, 0.717) is 28.7 Å². The van der Waals surface area contributed by atoms with Crippen LogP contribution >= 0.6 is 0 Å². The summed E-state index contributed by atoms with van der Waals surface area (Å²) in [4.78, 5) is 25.4. The molecule has 0 aliphatic carbocycles. The molecule has 8 nitrogen and oxygen atoms in total. The Hall–Kier alpha value is -3.03. The molecule has 0 atom stereocenters. The second-order valence-corrected chi connectivity index (χ2v) is 5.59. The maximum Gasteiger partial charge on any atom is 0.261 e. The van der Waals surface area contributed by atoms with Crippen LogP contribution in [0, 0.1) is 34.6 Å². The van der Waals surface area contributed by atoms with Crippen LogP contribution in [0.5, 0.6) is 0 Å². The SMILES string of the molecule is Cc1noc(C)c1C(=O)Nc1cnc(-n2c(C)nc(C)c2C)nc1. The molecule has 0 spiro atoms. The number of rotatable bonds is 3. The van der Waals surface area contributed by atoms with Crippen molar-refractivity contribution in [1.82, 2.24) is 24.7 Å². The zero-order chi connectivity index (χ0) is 17.4. The lowest BCUT2D eigenvalue weighted by Gasteiger charge is -2.08. The number of nitrogens with one attached hydrogen (secondary N) is 1. The van der Waals surface area contributed by atoms with Crippen LogP contribution in [0.15, 0.2) is 16.9 Å². The van der Waals surface area contributed by atoms with Crippen molar-refractivity contribution in [3.05, 3.63) is 46.6 Å². The molecular weight excluding hydrogens is 308 g/mol. The van der Waals surface area contributed by atoms with Crippen LogP contribution in [-0.4, -0.2) is 30.6 Å². The van der Waals surface area contributed by atoms with Crippen LogP contribution < -0.4 is 5.32 Å². The van der Waals surface area contributed by atoms with E-state index < -0.39 is 0 Å². The second-order valence-electron chi connectivity index (χ2n) is 5.59. The van der Waals surface area contributed by atoms with Gasteiger partial charge in [0.05, 0.1) is 29.5 Å². The molecule has 1 N–H and O–H groups in total. The molecule has 0 bridgehead atoms. The van der Waals surface area contributed by atoms with E-state index in [-0.39, 0.29) is 5.91 Å². The Morgan fingerprint density at radius 2 is 1.75 bits per heavy atom. The van der Waals surface area contributed by atoms with Gasteiger partial charge in [0.25, 0.3) is 5.91 Å². The summed E-state index contributed by atoms with van der Waals surface area (Å²) < 4.78 is 6.88. The molecule has 0 aliphatic heterocycles. The lowest BCUT2D eigenvalue weighted by atomic mass is 10.2. The molecule has 124 valence electrons. The number of carbonyl (C=O) groups is 1. The molecule has 24 heavy (non-hydrogen) atoms. The van der Waals surface area contributed by atoms with Gasteiger partial charge in [-0.3, -0.25) is 9.36 Å². The van der Waals surface area contributed by atoms with E-state index in [0.717, 1.165) is 17.2 Å². The van der Waals surface area contributed by atoms with Crippen molar-refractivity contribution < 1.29 is 9.32 Å². The fourth-order valence-electron chi connectivity index (χ4n) is 2.57. The van der Waals surface area contributed by atoms with Crippen molar-refractivity contribution in [1.29, 1.82) is 0 Å². The highest BCUT2D eigenvalue weighted by Crippen LogP contribution is 2.17. The first-order valence-corrected chi connectivity index (χ1v) is 7.47. The minimum atomic E-state index is -0.298. The Balaban J connectivity index is 1.84. The molecule has 0 saturated carbocycles. The molecule has 0 aromatic carbocycles. The summed E-state index contributed by atoms with van der Waals surface area (Å²) in [5.74, 6) is 1.51. The largest absolute Gasteiger partial charge is 0.361 e. The third-order valence-electron chi connectivity index (χ3n) is 3.87. The molecule has 0 fully saturated rings. The average molecular weight is 326 g/mol. The third kappa shape index (κ3) is 2.66. The zero-order valence-corrected chi connectivity index (χ0v) is 14.2. The Bertz CT molecular complexity index is 888. The summed E-state index contributed by atoms with van der Waals surface area (Å²) in [5, 5.41) is 6.53. The van der Waals surface area contributed by atoms with Crippen LogP contribution in [0.3, 0.4) is 0 Å². The number of nitrogens with zero attached hydrogens (tertiary/aromatic N) is 5. The van der Waals surface area contributed by atoms with E-state index in [1.165, 1.54) is 0 Å². The lowest BCUT2D eigenvalue weighted by molar-refractivity contribution is 0.102. The summed E-state index contributed by atoms with van der Waals surface area (Å²) in [6, 6.07) is 0. The van der Waals surface area contributed by atoms with E-state index >= 15 is 0 Å². The van der Waals surface area contributed by atoms with Gasteiger partial charge in [-0.2, -0.15) is 0 Å². The summed E-state index contributed by atoms with van der Waals surface area (Å²) in [7, 11) is 0. The van der Waals surface area contributed by atoms with Crippen LogP contribution in [0.1, 0.15) is 39.0 Å². The molecule has 0 radical (unpaired) electrons. The quantitative estimate of drug-likeness (QED) is 0.793. The summed E-state index contributed by atoms with van der Waals surface area (Å²) in [6.45, 7) is 9.22. The van der Waals surface area contributed by atoms with Gasteiger partial charge in [0.15, 0.2) is 0 Å². The van der Waals surface area contributed by atoms with Crippen LogP contribution in [0.25, 0.3) is 5.95 Å². The number of amides is 1. The minimum absolute atomic E-state index is 0.298. The molecule has 3 rings (SSSR count). The van der Waals surface area contributed by atoms with Crippen molar-refractivity contribution in [2.75, 3.05) is 5.32 Å². The van der Waals surface area contributed by atoms with Gasteiger partial charge >= 0.3 is 0 Å². The number of aryl methyl sites for hydroxylation is 4. The maximum atomic E-state index is 12.3. The van der Waals surface area contributed by atoms with Gasteiger partial charge in [-0.1, -0.05) is 5.16 Å². The molecule has 3 heterocycles. The highest BCUT2D eigenvalue weighted by atomic mass is 16.5. The highest BCUT2D eigenvalue weighted by Gasteiger charge is 2.18. The number of anilines is 1. The Labute approximate surface area is 138 Å². The molecule has 3 aromatic heterocycles. The van der Waals surface area contributed by atoms with Crippen LogP contribution in [-0.2, 0) is 0 Å². The van der Waals surface area contributed by atoms with Gasteiger partial charge in [0.2, 0.25) is 5.95 Å². The van der Waals surface area contributed by atoms with Gasteiger partial charge in [-0.15, -0.1) is 0 Å². The fourth-order valence-corrected chi connectivity index (χ4v) is 2.57. The van der Waals surface area contributed by atoms with E-state index in [9.17, 15) is 4.79 Å². The van der Waals surface area contributed by atoms with Crippen LogP contribution in [0.2, 0.25) is 0 Å². The average Bonchev–Trinajstić information content (AvgIpc) is 2.99. The monoisotopic (exact) mass is 326 g/mol. The molecular formula is C16H18N6O2. The Morgan fingerprint density at radius 3 is 2.25 bits per heavy atom. The topological polar surface area (TPSA) is 98.7 Å². The van der Waals surface area contributed by atoms with E-state index in [2.05, 4.69) is 25.4 Å². The molecule has 8 heteroatoms. The number of imidazole rings is 1. The van der Waals surface area contributed by atoms with Gasteiger partial charge in [-0.05, 0) is 34.6 Å². The third-order valence-corrected chi connectivity index (χ3v) is 3.87. The Morgan fingerprint density at radius 1 is 1.08 bits per heavy atom. The minimum Gasteiger partial charge on any atom is -0.361 e. The highest BCUT2D eigenvalue weighted by molar-refractivity contribution is 6.05. The van der Waals surface area contributed by atoms with Crippen molar-refractivity contribution in [3.63, 3.8) is 0 Å².